The van der Waals surface area contributed by atoms with Gasteiger partial charge in [0.1, 0.15) is 6.42 Å². The lowest BCUT2D eigenvalue weighted by Gasteiger charge is -2.12. The van der Waals surface area contributed by atoms with Crippen molar-refractivity contribution in [1.29, 1.82) is 0 Å². The molecule has 6 heteroatoms. The number of nitrogens with one attached hydrogen (secondary N) is 2. The highest BCUT2D eigenvalue weighted by Crippen LogP contribution is 2.23. The van der Waals surface area contributed by atoms with Crippen LogP contribution < -0.4 is 10.6 Å². The van der Waals surface area contributed by atoms with Gasteiger partial charge in [-0.05, 0) is 24.6 Å². The van der Waals surface area contributed by atoms with E-state index in [4.69, 9.17) is 5.11 Å². The average Bonchev–Trinajstić information content (AvgIpc) is 2.33. The fraction of sp³-hybridized carbons (Fsp3) is 0.308. The van der Waals surface area contributed by atoms with Gasteiger partial charge in [-0.2, -0.15) is 0 Å². The predicted molar refractivity (Wildman–Crippen MR) is 71.0 cm³/mol. The van der Waals surface area contributed by atoms with Crippen LogP contribution in [0.4, 0.5) is 11.4 Å². The molecule has 102 valence electrons. The SMILES string of the molecule is CCC(=O)Nc1cccc(NC(=O)CC(=O)O)c1C. The van der Waals surface area contributed by atoms with Crippen molar-refractivity contribution in [3.63, 3.8) is 0 Å². The van der Waals surface area contributed by atoms with Crippen LogP contribution in [-0.2, 0) is 14.4 Å². The van der Waals surface area contributed by atoms with Gasteiger partial charge in [-0.25, -0.2) is 0 Å². The standard InChI is InChI=1S/C13H16N2O4/c1-3-11(16)14-9-5-4-6-10(8(9)2)15-12(17)7-13(18)19/h4-6H,3,7H2,1-2H3,(H,14,16)(H,15,17)(H,18,19). The highest BCUT2D eigenvalue weighted by molar-refractivity contribution is 6.02. The topological polar surface area (TPSA) is 95.5 Å². The molecule has 0 unspecified atom stereocenters. The van der Waals surface area contributed by atoms with Crippen LogP contribution in [0.25, 0.3) is 0 Å². The zero-order valence-electron chi connectivity index (χ0n) is 10.8. The van der Waals surface area contributed by atoms with Crippen LogP contribution in [0.1, 0.15) is 25.3 Å². The quantitative estimate of drug-likeness (QED) is 0.706. The van der Waals surface area contributed by atoms with Crippen molar-refractivity contribution in [3.8, 4) is 0 Å². The zero-order valence-corrected chi connectivity index (χ0v) is 10.8. The Labute approximate surface area is 110 Å². The minimum atomic E-state index is -1.19. The first kappa shape index (κ1) is 14.7. The van der Waals surface area contributed by atoms with E-state index in [-0.39, 0.29) is 5.91 Å². The number of hydrogen-bond donors (Lipinski definition) is 3. The van der Waals surface area contributed by atoms with E-state index in [0.717, 1.165) is 0 Å². The maximum Gasteiger partial charge on any atom is 0.312 e. The molecule has 0 spiro atoms. The maximum atomic E-state index is 11.4. The normalized spacial score (nSPS) is 9.79. The molecule has 0 aromatic heterocycles. The van der Waals surface area contributed by atoms with Crippen LogP contribution in [0.3, 0.4) is 0 Å². The summed E-state index contributed by atoms with van der Waals surface area (Å²) < 4.78 is 0. The van der Waals surface area contributed by atoms with Gasteiger partial charge in [-0.1, -0.05) is 13.0 Å². The number of carboxylic acids is 1. The van der Waals surface area contributed by atoms with Gasteiger partial charge < -0.3 is 15.7 Å². The summed E-state index contributed by atoms with van der Waals surface area (Å²) in [5, 5.41) is 13.7. The molecule has 0 aliphatic carbocycles. The molecule has 0 fully saturated rings. The Kier molecular flexibility index (Phi) is 5.05. The third-order valence-corrected chi connectivity index (χ3v) is 2.51. The molecule has 2 amide bonds. The fourth-order valence-corrected chi connectivity index (χ4v) is 1.48. The lowest BCUT2D eigenvalue weighted by molar-refractivity contribution is -0.139. The Bertz CT molecular complexity index is 511. The molecule has 1 rings (SSSR count). The van der Waals surface area contributed by atoms with Crippen LogP contribution >= 0.6 is 0 Å². The highest BCUT2D eigenvalue weighted by Gasteiger charge is 2.11. The van der Waals surface area contributed by atoms with E-state index in [2.05, 4.69) is 10.6 Å². The lowest BCUT2D eigenvalue weighted by atomic mass is 10.1. The van der Waals surface area contributed by atoms with Crippen LogP contribution in [0.2, 0.25) is 0 Å². The van der Waals surface area contributed by atoms with Gasteiger partial charge in [0.2, 0.25) is 11.8 Å². The minimum absolute atomic E-state index is 0.128. The molecule has 0 radical (unpaired) electrons. The first-order valence-corrected chi connectivity index (χ1v) is 5.85. The number of rotatable bonds is 5. The Morgan fingerprint density at radius 2 is 1.63 bits per heavy atom. The summed E-state index contributed by atoms with van der Waals surface area (Å²) >= 11 is 0. The summed E-state index contributed by atoms with van der Waals surface area (Å²) in [5.74, 6) is -1.92. The second-order valence-corrected chi connectivity index (χ2v) is 4.00. The number of aliphatic carboxylic acids is 1. The molecule has 0 bridgehead atoms. The summed E-state index contributed by atoms with van der Waals surface area (Å²) in [6.07, 6.45) is -0.236. The summed E-state index contributed by atoms with van der Waals surface area (Å²) in [4.78, 5) is 33.1. The van der Waals surface area contributed by atoms with Gasteiger partial charge in [-0.3, -0.25) is 14.4 Å². The second kappa shape index (κ2) is 6.53. The number of anilines is 2. The molecule has 0 heterocycles. The van der Waals surface area contributed by atoms with Gasteiger partial charge in [0.15, 0.2) is 0 Å². The zero-order chi connectivity index (χ0) is 14.4. The fourth-order valence-electron chi connectivity index (χ4n) is 1.48. The van der Waals surface area contributed by atoms with Gasteiger partial charge >= 0.3 is 5.97 Å². The molecule has 3 N–H and O–H groups in total. The monoisotopic (exact) mass is 264 g/mol. The highest BCUT2D eigenvalue weighted by atomic mass is 16.4. The lowest BCUT2D eigenvalue weighted by Crippen LogP contribution is -2.17. The molecule has 19 heavy (non-hydrogen) atoms. The molecule has 6 nitrogen and oxygen atoms in total. The van der Waals surface area contributed by atoms with Crippen molar-refractivity contribution >= 4 is 29.2 Å². The summed E-state index contributed by atoms with van der Waals surface area (Å²) in [6.45, 7) is 3.48. The third-order valence-electron chi connectivity index (χ3n) is 2.51. The average molecular weight is 264 g/mol. The van der Waals surface area contributed by atoms with Crippen molar-refractivity contribution in [2.75, 3.05) is 10.6 Å². The molecule has 0 aliphatic heterocycles. The Hall–Kier alpha value is -2.37. The summed E-state index contributed by atoms with van der Waals surface area (Å²) in [6, 6.07) is 5.04. The molecular weight excluding hydrogens is 248 g/mol. The van der Waals surface area contributed by atoms with E-state index in [1.54, 1.807) is 32.0 Å². The van der Waals surface area contributed by atoms with Gasteiger partial charge in [0.25, 0.3) is 0 Å². The number of hydrogen-bond acceptors (Lipinski definition) is 3. The first-order valence-electron chi connectivity index (χ1n) is 5.85. The van der Waals surface area contributed by atoms with Crippen molar-refractivity contribution < 1.29 is 19.5 Å². The summed E-state index contributed by atoms with van der Waals surface area (Å²) in [5.41, 5.74) is 1.77. The van der Waals surface area contributed by atoms with E-state index in [1.807, 2.05) is 0 Å². The first-order chi connectivity index (χ1) is 8.93. The summed E-state index contributed by atoms with van der Waals surface area (Å²) in [7, 11) is 0. The minimum Gasteiger partial charge on any atom is -0.481 e. The Balaban J connectivity index is 2.85. The number of amides is 2. The van der Waals surface area contributed by atoms with Crippen molar-refractivity contribution in [3.05, 3.63) is 23.8 Å². The number of carbonyl (C=O) groups excluding carboxylic acids is 2. The third kappa shape index (κ3) is 4.42. The Morgan fingerprint density at radius 1 is 1.11 bits per heavy atom. The van der Waals surface area contributed by atoms with E-state index in [9.17, 15) is 14.4 Å². The van der Waals surface area contributed by atoms with Gasteiger partial charge in [0, 0.05) is 17.8 Å². The van der Waals surface area contributed by atoms with Crippen LogP contribution in [0.15, 0.2) is 18.2 Å². The molecule has 0 atom stereocenters. The van der Waals surface area contributed by atoms with Gasteiger partial charge in [-0.15, -0.1) is 0 Å². The van der Waals surface area contributed by atoms with Crippen molar-refractivity contribution in [2.24, 2.45) is 0 Å². The van der Waals surface area contributed by atoms with E-state index >= 15 is 0 Å². The van der Waals surface area contributed by atoms with Crippen LogP contribution in [0, 0.1) is 6.92 Å². The smallest absolute Gasteiger partial charge is 0.312 e. The molecule has 1 aromatic carbocycles. The maximum absolute atomic E-state index is 11.4. The number of carboxylic acid groups (broad SMARTS) is 1. The Morgan fingerprint density at radius 3 is 2.11 bits per heavy atom. The number of carbonyl (C=O) groups is 3. The van der Waals surface area contributed by atoms with Crippen LogP contribution in [-0.4, -0.2) is 22.9 Å². The van der Waals surface area contributed by atoms with E-state index in [1.165, 1.54) is 0 Å². The van der Waals surface area contributed by atoms with E-state index in [0.29, 0.717) is 23.4 Å². The molecule has 1 aromatic rings. The molecule has 0 aliphatic rings. The van der Waals surface area contributed by atoms with Crippen molar-refractivity contribution in [1.82, 2.24) is 0 Å². The molecule has 0 saturated carbocycles. The number of benzene rings is 1. The molecular formula is C13H16N2O4. The van der Waals surface area contributed by atoms with Crippen molar-refractivity contribution in [2.45, 2.75) is 26.7 Å². The molecule has 0 saturated heterocycles. The van der Waals surface area contributed by atoms with Crippen LogP contribution in [0.5, 0.6) is 0 Å². The second-order valence-electron chi connectivity index (χ2n) is 4.00. The predicted octanol–water partition coefficient (Wildman–Crippen LogP) is 1.76. The van der Waals surface area contributed by atoms with Gasteiger partial charge in [0.05, 0.1) is 0 Å². The largest absolute Gasteiger partial charge is 0.481 e. The van der Waals surface area contributed by atoms with E-state index < -0.39 is 18.3 Å².